The molecule has 1 aromatic rings. The average Bonchev–Trinajstić information content (AvgIpc) is 2.88. The molecule has 2 N–H and O–H groups in total. The molecule has 0 aliphatic carbocycles. The highest BCUT2D eigenvalue weighted by atomic mass is 16.4. The number of amides is 2. The van der Waals surface area contributed by atoms with Crippen molar-refractivity contribution in [3.8, 4) is 0 Å². The number of rotatable bonds is 4. The van der Waals surface area contributed by atoms with Crippen LogP contribution in [-0.2, 0) is 6.54 Å². The molecule has 0 aromatic carbocycles. The molecule has 110 valence electrons. The molecule has 0 saturated carbocycles. The third kappa shape index (κ3) is 3.69. The number of carbonyl (C=O) groups excluding carboxylic acids is 1. The maximum atomic E-state index is 11.9. The second-order valence-corrected chi connectivity index (χ2v) is 5.07. The lowest BCUT2D eigenvalue weighted by Crippen LogP contribution is -2.44. The van der Waals surface area contributed by atoms with Crippen molar-refractivity contribution >= 4 is 12.0 Å². The van der Waals surface area contributed by atoms with Gasteiger partial charge < -0.3 is 15.3 Å². The molecule has 2 rings (SSSR count). The fourth-order valence-electron chi connectivity index (χ4n) is 2.11. The Hall–Kier alpha value is -2.12. The lowest BCUT2D eigenvalue weighted by Gasteiger charge is -2.30. The SMILES string of the molecule is CC1CCN(C(=O)NCCn2cc(C(=O)O)nn2)CC1. The van der Waals surface area contributed by atoms with Crippen molar-refractivity contribution in [2.24, 2.45) is 5.92 Å². The van der Waals surface area contributed by atoms with Crippen molar-refractivity contribution in [3.05, 3.63) is 11.9 Å². The van der Waals surface area contributed by atoms with Gasteiger partial charge in [0.05, 0.1) is 12.7 Å². The van der Waals surface area contributed by atoms with Crippen LogP contribution in [0.25, 0.3) is 0 Å². The molecule has 8 heteroatoms. The van der Waals surface area contributed by atoms with Crippen LogP contribution in [0.4, 0.5) is 4.79 Å². The Labute approximate surface area is 116 Å². The Kier molecular flexibility index (Phi) is 4.54. The van der Waals surface area contributed by atoms with E-state index < -0.39 is 5.97 Å². The Balaban J connectivity index is 1.72. The number of likely N-dealkylation sites (tertiary alicyclic amines) is 1. The van der Waals surface area contributed by atoms with Crippen LogP contribution in [0.15, 0.2) is 6.20 Å². The van der Waals surface area contributed by atoms with Gasteiger partial charge in [0.2, 0.25) is 0 Å². The number of aromatic nitrogens is 3. The monoisotopic (exact) mass is 281 g/mol. The predicted molar refractivity (Wildman–Crippen MR) is 70.4 cm³/mol. The van der Waals surface area contributed by atoms with E-state index >= 15 is 0 Å². The van der Waals surface area contributed by atoms with Crippen LogP contribution in [-0.4, -0.2) is 56.6 Å². The second kappa shape index (κ2) is 6.36. The van der Waals surface area contributed by atoms with Gasteiger partial charge in [-0.25, -0.2) is 14.3 Å². The smallest absolute Gasteiger partial charge is 0.358 e. The van der Waals surface area contributed by atoms with E-state index in [9.17, 15) is 9.59 Å². The van der Waals surface area contributed by atoms with Crippen LogP contribution in [0, 0.1) is 5.92 Å². The third-order valence-electron chi connectivity index (χ3n) is 3.45. The zero-order valence-corrected chi connectivity index (χ0v) is 11.4. The van der Waals surface area contributed by atoms with Gasteiger partial charge in [-0.3, -0.25) is 0 Å². The Morgan fingerprint density at radius 2 is 2.15 bits per heavy atom. The highest BCUT2D eigenvalue weighted by Gasteiger charge is 2.19. The molecule has 8 nitrogen and oxygen atoms in total. The first-order valence-corrected chi connectivity index (χ1v) is 6.72. The van der Waals surface area contributed by atoms with Crippen LogP contribution in [0.3, 0.4) is 0 Å². The van der Waals surface area contributed by atoms with Gasteiger partial charge in [0.25, 0.3) is 0 Å². The molecule has 0 spiro atoms. The van der Waals surface area contributed by atoms with Crippen molar-refractivity contribution in [2.75, 3.05) is 19.6 Å². The number of carboxylic acids is 1. The zero-order valence-electron chi connectivity index (χ0n) is 11.4. The van der Waals surface area contributed by atoms with Crippen LogP contribution >= 0.6 is 0 Å². The van der Waals surface area contributed by atoms with Gasteiger partial charge in [-0.05, 0) is 18.8 Å². The molecule has 0 bridgehead atoms. The standard InChI is InChI=1S/C12H19N5O3/c1-9-2-5-16(6-3-9)12(20)13-4-7-17-8-10(11(18)19)14-15-17/h8-9H,2-7H2,1H3,(H,13,20)(H,18,19). The lowest BCUT2D eigenvalue weighted by atomic mass is 10.00. The topological polar surface area (TPSA) is 100 Å². The molecule has 0 unspecified atom stereocenters. The summed E-state index contributed by atoms with van der Waals surface area (Å²) in [6.45, 7) is 4.57. The minimum atomic E-state index is -1.11. The summed E-state index contributed by atoms with van der Waals surface area (Å²) in [7, 11) is 0. The van der Waals surface area contributed by atoms with Crippen molar-refractivity contribution < 1.29 is 14.7 Å². The number of urea groups is 1. The zero-order chi connectivity index (χ0) is 14.5. The second-order valence-electron chi connectivity index (χ2n) is 5.07. The number of hydrogen-bond donors (Lipinski definition) is 2. The van der Waals surface area contributed by atoms with E-state index in [-0.39, 0.29) is 11.7 Å². The summed E-state index contributed by atoms with van der Waals surface area (Å²) in [6.07, 6.45) is 3.42. The van der Waals surface area contributed by atoms with Gasteiger partial charge in [-0.2, -0.15) is 0 Å². The van der Waals surface area contributed by atoms with Gasteiger partial charge in [-0.15, -0.1) is 5.10 Å². The number of hydrogen-bond acceptors (Lipinski definition) is 4. The van der Waals surface area contributed by atoms with Crippen molar-refractivity contribution in [2.45, 2.75) is 26.3 Å². The highest BCUT2D eigenvalue weighted by molar-refractivity contribution is 5.84. The van der Waals surface area contributed by atoms with E-state index in [4.69, 9.17) is 5.11 Å². The number of nitrogens with zero attached hydrogens (tertiary/aromatic N) is 4. The Morgan fingerprint density at radius 1 is 1.45 bits per heavy atom. The van der Waals surface area contributed by atoms with Gasteiger partial charge in [0.15, 0.2) is 5.69 Å². The molecule has 1 aliphatic heterocycles. The van der Waals surface area contributed by atoms with E-state index in [2.05, 4.69) is 22.6 Å². The quantitative estimate of drug-likeness (QED) is 0.833. The number of aromatic carboxylic acids is 1. The molecular weight excluding hydrogens is 262 g/mol. The average molecular weight is 281 g/mol. The molecule has 2 amide bonds. The van der Waals surface area contributed by atoms with Crippen LogP contribution in [0.1, 0.15) is 30.3 Å². The Morgan fingerprint density at radius 3 is 2.75 bits per heavy atom. The first-order valence-electron chi connectivity index (χ1n) is 6.72. The van der Waals surface area contributed by atoms with E-state index in [1.807, 2.05) is 4.90 Å². The number of piperidine rings is 1. The molecule has 0 atom stereocenters. The van der Waals surface area contributed by atoms with Crippen LogP contribution in [0.5, 0.6) is 0 Å². The summed E-state index contributed by atoms with van der Waals surface area (Å²) in [5.74, 6) is -0.425. The summed E-state index contributed by atoms with van der Waals surface area (Å²) >= 11 is 0. The summed E-state index contributed by atoms with van der Waals surface area (Å²) in [5, 5.41) is 18.7. The molecule has 1 aliphatic rings. The molecule has 1 saturated heterocycles. The van der Waals surface area contributed by atoms with Gasteiger partial charge in [0, 0.05) is 19.6 Å². The van der Waals surface area contributed by atoms with E-state index in [0.717, 1.165) is 25.9 Å². The van der Waals surface area contributed by atoms with Crippen molar-refractivity contribution in [1.29, 1.82) is 0 Å². The van der Waals surface area contributed by atoms with E-state index in [1.165, 1.54) is 10.9 Å². The summed E-state index contributed by atoms with van der Waals surface area (Å²) < 4.78 is 1.40. The van der Waals surface area contributed by atoms with Crippen molar-refractivity contribution in [3.63, 3.8) is 0 Å². The summed E-state index contributed by atoms with van der Waals surface area (Å²) in [5.41, 5.74) is -0.0960. The maximum absolute atomic E-state index is 11.9. The molecule has 1 fully saturated rings. The Bertz CT molecular complexity index is 479. The van der Waals surface area contributed by atoms with Crippen LogP contribution < -0.4 is 5.32 Å². The highest BCUT2D eigenvalue weighted by Crippen LogP contribution is 2.15. The fraction of sp³-hybridized carbons (Fsp3) is 0.667. The van der Waals surface area contributed by atoms with Gasteiger partial charge in [0.1, 0.15) is 0 Å². The minimum absolute atomic E-state index is 0.0736. The minimum Gasteiger partial charge on any atom is -0.476 e. The number of nitrogens with one attached hydrogen (secondary N) is 1. The number of carbonyl (C=O) groups is 2. The van der Waals surface area contributed by atoms with Crippen molar-refractivity contribution in [1.82, 2.24) is 25.2 Å². The van der Waals surface area contributed by atoms with Gasteiger partial charge >= 0.3 is 12.0 Å². The fourth-order valence-corrected chi connectivity index (χ4v) is 2.11. The molecular formula is C12H19N5O3. The largest absolute Gasteiger partial charge is 0.476 e. The normalized spacial score (nSPS) is 16.1. The van der Waals surface area contributed by atoms with Crippen LogP contribution in [0.2, 0.25) is 0 Å². The first-order chi connectivity index (χ1) is 9.56. The van der Waals surface area contributed by atoms with Gasteiger partial charge in [-0.1, -0.05) is 12.1 Å². The predicted octanol–water partition coefficient (Wildman–Crippen LogP) is 0.418. The van der Waals surface area contributed by atoms with E-state index in [1.54, 1.807) is 0 Å². The van der Waals surface area contributed by atoms with E-state index in [0.29, 0.717) is 19.0 Å². The third-order valence-corrected chi connectivity index (χ3v) is 3.45. The molecule has 0 radical (unpaired) electrons. The maximum Gasteiger partial charge on any atom is 0.358 e. The molecule has 2 heterocycles. The summed E-state index contributed by atoms with van der Waals surface area (Å²) in [6, 6.07) is -0.0736. The molecule has 20 heavy (non-hydrogen) atoms. The first kappa shape index (κ1) is 14.3. The molecule has 1 aromatic heterocycles. The summed E-state index contributed by atoms with van der Waals surface area (Å²) in [4.78, 5) is 24.3. The number of carboxylic acid groups (broad SMARTS) is 1. The lowest BCUT2D eigenvalue weighted by molar-refractivity contribution is 0.0690.